The molecule has 1 aliphatic rings. The molecule has 0 saturated carbocycles. The zero-order valence-electron chi connectivity index (χ0n) is 12.7. The molecular formula is C17H24FN3. The second-order valence-corrected chi connectivity index (χ2v) is 5.80. The molecule has 114 valence electrons. The molecule has 0 aromatic heterocycles. The third-order valence-corrected chi connectivity index (χ3v) is 4.04. The molecule has 0 aliphatic carbocycles. The van der Waals surface area contributed by atoms with Crippen molar-refractivity contribution in [1.82, 2.24) is 10.2 Å². The highest BCUT2D eigenvalue weighted by Gasteiger charge is 2.18. The molecular weight excluding hydrogens is 265 g/mol. The molecule has 0 spiro atoms. The summed E-state index contributed by atoms with van der Waals surface area (Å²) in [5, 5.41) is 12.5. The lowest BCUT2D eigenvalue weighted by Crippen LogP contribution is -2.37. The van der Waals surface area contributed by atoms with Crippen LogP contribution < -0.4 is 5.32 Å². The van der Waals surface area contributed by atoms with E-state index in [1.807, 2.05) is 0 Å². The highest BCUT2D eigenvalue weighted by Crippen LogP contribution is 2.15. The molecule has 1 fully saturated rings. The molecule has 1 aliphatic heterocycles. The first-order chi connectivity index (χ1) is 10.2. The van der Waals surface area contributed by atoms with Gasteiger partial charge in [0.2, 0.25) is 0 Å². The van der Waals surface area contributed by atoms with Gasteiger partial charge in [-0.1, -0.05) is 13.3 Å². The molecule has 0 bridgehead atoms. The molecule has 1 saturated heterocycles. The minimum absolute atomic E-state index is 0.213. The number of nitrogens with zero attached hydrogens (tertiary/aromatic N) is 2. The van der Waals surface area contributed by atoms with Crippen LogP contribution in [0.4, 0.5) is 4.39 Å². The number of hydrogen-bond donors (Lipinski definition) is 1. The Labute approximate surface area is 126 Å². The maximum atomic E-state index is 14.0. The highest BCUT2D eigenvalue weighted by molar-refractivity contribution is 5.33. The van der Waals surface area contributed by atoms with Crippen molar-refractivity contribution >= 4 is 0 Å². The summed E-state index contributed by atoms with van der Waals surface area (Å²) in [6, 6.07) is 7.22. The van der Waals surface area contributed by atoms with Crippen LogP contribution >= 0.6 is 0 Å². The summed E-state index contributed by atoms with van der Waals surface area (Å²) in [6.45, 7) is 5.77. The van der Waals surface area contributed by atoms with Crippen LogP contribution in [0.5, 0.6) is 0 Å². The van der Waals surface area contributed by atoms with Gasteiger partial charge in [0.15, 0.2) is 0 Å². The molecule has 3 nitrogen and oxygen atoms in total. The molecule has 1 atom stereocenters. The molecule has 1 aromatic rings. The Morgan fingerprint density at radius 2 is 2.33 bits per heavy atom. The molecule has 1 heterocycles. The fourth-order valence-electron chi connectivity index (χ4n) is 2.85. The van der Waals surface area contributed by atoms with Crippen LogP contribution in [0.25, 0.3) is 0 Å². The van der Waals surface area contributed by atoms with E-state index in [0.29, 0.717) is 23.7 Å². The third-order valence-electron chi connectivity index (χ3n) is 4.04. The number of nitriles is 1. The molecule has 1 N–H and O–H groups in total. The summed E-state index contributed by atoms with van der Waals surface area (Å²) in [5.74, 6) is -0.213. The Kier molecular flexibility index (Phi) is 6.16. The second-order valence-electron chi connectivity index (χ2n) is 5.80. The van der Waals surface area contributed by atoms with E-state index in [-0.39, 0.29) is 5.82 Å². The van der Waals surface area contributed by atoms with Gasteiger partial charge in [-0.05, 0) is 50.6 Å². The highest BCUT2D eigenvalue weighted by atomic mass is 19.1. The number of hydrogen-bond acceptors (Lipinski definition) is 3. The van der Waals surface area contributed by atoms with Gasteiger partial charge in [-0.2, -0.15) is 5.26 Å². The van der Waals surface area contributed by atoms with Crippen LogP contribution in [-0.2, 0) is 6.54 Å². The van der Waals surface area contributed by atoms with Crippen molar-refractivity contribution in [3.8, 4) is 6.07 Å². The maximum absolute atomic E-state index is 14.0. The predicted octanol–water partition coefficient (Wildman–Crippen LogP) is 3.05. The number of halogens is 1. The molecule has 4 heteroatoms. The van der Waals surface area contributed by atoms with Gasteiger partial charge in [-0.3, -0.25) is 4.90 Å². The smallest absolute Gasteiger partial charge is 0.127 e. The van der Waals surface area contributed by atoms with Crippen molar-refractivity contribution in [2.45, 2.75) is 45.2 Å². The molecule has 0 radical (unpaired) electrons. The number of unbranched alkanes of at least 4 members (excludes halogenated alkanes) is 1. The molecule has 1 aromatic carbocycles. The summed E-state index contributed by atoms with van der Waals surface area (Å²) < 4.78 is 14.0. The Bertz CT molecular complexity index is 489. The first-order valence-electron chi connectivity index (χ1n) is 7.87. The van der Waals surface area contributed by atoms with E-state index < -0.39 is 0 Å². The zero-order chi connectivity index (χ0) is 15.1. The average molecular weight is 289 g/mol. The van der Waals surface area contributed by atoms with E-state index in [2.05, 4.69) is 23.2 Å². The van der Waals surface area contributed by atoms with Crippen molar-refractivity contribution in [1.29, 1.82) is 5.26 Å². The van der Waals surface area contributed by atoms with Gasteiger partial charge in [-0.25, -0.2) is 4.39 Å². The predicted molar refractivity (Wildman–Crippen MR) is 82.3 cm³/mol. The Hall–Kier alpha value is -1.44. The first-order valence-corrected chi connectivity index (χ1v) is 7.87. The summed E-state index contributed by atoms with van der Waals surface area (Å²) in [5.41, 5.74) is 1.16. The minimum atomic E-state index is -0.213. The maximum Gasteiger partial charge on any atom is 0.127 e. The van der Waals surface area contributed by atoms with Gasteiger partial charge in [0.1, 0.15) is 5.82 Å². The largest absolute Gasteiger partial charge is 0.313 e. The molecule has 0 amide bonds. The van der Waals surface area contributed by atoms with E-state index in [1.54, 1.807) is 6.07 Å². The topological polar surface area (TPSA) is 39.1 Å². The van der Waals surface area contributed by atoms with Gasteiger partial charge in [0.05, 0.1) is 11.6 Å². The summed E-state index contributed by atoms with van der Waals surface area (Å²) in [7, 11) is 0. The lowest BCUT2D eigenvalue weighted by atomic mass is 10.1. The van der Waals surface area contributed by atoms with Crippen molar-refractivity contribution in [3.63, 3.8) is 0 Å². The van der Waals surface area contributed by atoms with E-state index in [9.17, 15) is 4.39 Å². The second kappa shape index (κ2) is 8.11. The van der Waals surface area contributed by atoms with E-state index >= 15 is 0 Å². The quantitative estimate of drug-likeness (QED) is 0.838. The van der Waals surface area contributed by atoms with Gasteiger partial charge >= 0.3 is 0 Å². The van der Waals surface area contributed by atoms with Crippen LogP contribution in [-0.4, -0.2) is 30.6 Å². The first kappa shape index (κ1) is 15.9. The summed E-state index contributed by atoms with van der Waals surface area (Å²) in [6.07, 6.45) is 4.68. The molecule has 1 unspecified atom stereocenters. The van der Waals surface area contributed by atoms with Crippen LogP contribution in [0.1, 0.15) is 43.7 Å². The molecule has 2 rings (SSSR count). The van der Waals surface area contributed by atoms with Gasteiger partial charge in [0.25, 0.3) is 0 Å². The van der Waals surface area contributed by atoms with E-state index in [0.717, 1.165) is 32.5 Å². The minimum Gasteiger partial charge on any atom is -0.313 e. The van der Waals surface area contributed by atoms with Crippen molar-refractivity contribution in [2.75, 3.05) is 19.6 Å². The van der Waals surface area contributed by atoms with Crippen LogP contribution in [0, 0.1) is 17.1 Å². The van der Waals surface area contributed by atoms with Crippen molar-refractivity contribution < 1.29 is 4.39 Å². The zero-order valence-corrected chi connectivity index (χ0v) is 12.7. The van der Waals surface area contributed by atoms with Crippen molar-refractivity contribution in [2.24, 2.45) is 0 Å². The molecule has 21 heavy (non-hydrogen) atoms. The number of benzene rings is 1. The average Bonchev–Trinajstić information content (AvgIpc) is 3.00. The SMILES string of the molecule is CCCCN(Cc1cc(C#N)ccc1F)CC1CCCN1. The standard InChI is InChI=1S/C17H24FN3/c1-2-3-9-21(13-16-5-4-8-20-16)12-15-10-14(11-19)6-7-17(15)18/h6-7,10,16,20H,2-5,8-9,12-13H2,1H3. The van der Waals surface area contributed by atoms with E-state index in [4.69, 9.17) is 5.26 Å². The van der Waals surface area contributed by atoms with Crippen LogP contribution in [0.3, 0.4) is 0 Å². The number of rotatable bonds is 7. The fourth-order valence-corrected chi connectivity index (χ4v) is 2.85. The summed E-state index contributed by atoms with van der Waals surface area (Å²) in [4.78, 5) is 2.31. The van der Waals surface area contributed by atoms with Crippen molar-refractivity contribution in [3.05, 3.63) is 35.1 Å². The van der Waals surface area contributed by atoms with Gasteiger partial charge in [0, 0.05) is 24.7 Å². The lowest BCUT2D eigenvalue weighted by Gasteiger charge is -2.26. The fraction of sp³-hybridized carbons (Fsp3) is 0.588. The van der Waals surface area contributed by atoms with Crippen LogP contribution in [0.15, 0.2) is 18.2 Å². The normalized spacial score (nSPS) is 18.1. The monoisotopic (exact) mass is 289 g/mol. The Morgan fingerprint density at radius 1 is 1.48 bits per heavy atom. The Balaban J connectivity index is 2.04. The van der Waals surface area contributed by atoms with Gasteiger partial charge in [-0.15, -0.1) is 0 Å². The van der Waals surface area contributed by atoms with Gasteiger partial charge < -0.3 is 5.32 Å². The third kappa shape index (κ3) is 4.80. The Morgan fingerprint density at radius 3 is 3.00 bits per heavy atom. The summed E-state index contributed by atoms with van der Waals surface area (Å²) >= 11 is 0. The van der Waals surface area contributed by atoms with E-state index in [1.165, 1.54) is 25.0 Å². The van der Waals surface area contributed by atoms with Crippen LogP contribution in [0.2, 0.25) is 0 Å². The lowest BCUT2D eigenvalue weighted by molar-refractivity contribution is 0.234. The number of nitrogens with one attached hydrogen (secondary N) is 1.